The third kappa shape index (κ3) is 9.15. The lowest BCUT2D eigenvalue weighted by Crippen LogP contribution is -1.93. The zero-order valence-corrected chi connectivity index (χ0v) is 25.6. The molecule has 0 aliphatic rings. The van der Waals surface area contributed by atoms with Crippen LogP contribution in [0.25, 0.3) is 22.4 Å². The summed E-state index contributed by atoms with van der Waals surface area (Å²) >= 11 is 0. The molecule has 0 atom stereocenters. The van der Waals surface area contributed by atoms with Crippen molar-refractivity contribution in [3.8, 4) is 11.4 Å². The van der Waals surface area contributed by atoms with Crippen LogP contribution in [0, 0.1) is 0 Å². The molecule has 2 heterocycles. The minimum atomic E-state index is 1.20. The van der Waals surface area contributed by atoms with Crippen LogP contribution < -0.4 is 0 Å². The smallest absolute Gasteiger partial charge is 0.0712 e. The van der Waals surface area contributed by atoms with Gasteiger partial charge in [-0.1, -0.05) is 128 Å². The fourth-order valence-corrected chi connectivity index (χ4v) is 6.05. The van der Waals surface area contributed by atoms with Crippen LogP contribution in [0.3, 0.4) is 0 Å². The zero-order chi connectivity index (χ0) is 27.8. The fraction of sp³-hybridized carbons (Fsp3) is 0.526. The third-order valence-corrected chi connectivity index (χ3v) is 8.61. The lowest BCUT2D eigenvalue weighted by atomic mass is 10.0. The molecular weight excluding hydrogens is 484 g/mol. The molecule has 0 aliphatic carbocycles. The van der Waals surface area contributed by atoms with Crippen molar-refractivity contribution in [1.82, 2.24) is 9.13 Å². The van der Waals surface area contributed by atoms with Gasteiger partial charge in [-0.05, 0) is 73.2 Å². The first-order valence-electron chi connectivity index (χ1n) is 16.7. The van der Waals surface area contributed by atoms with Crippen molar-refractivity contribution in [3.05, 3.63) is 84.2 Å². The highest BCUT2D eigenvalue weighted by atomic mass is 15.0. The molecule has 0 saturated heterocycles. The van der Waals surface area contributed by atoms with E-state index >= 15 is 0 Å². The molecule has 0 bridgehead atoms. The van der Waals surface area contributed by atoms with Crippen molar-refractivity contribution in [2.75, 3.05) is 0 Å². The van der Waals surface area contributed by atoms with Gasteiger partial charge in [0.1, 0.15) is 0 Å². The minimum absolute atomic E-state index is 1.20. The number of benzene rings is 2. The molecule has 216 valence electrons. The van der Waals surface area contributed by atoms with E-state index < -0.39 is 0 Å². The average molecular weight is 539 g/mol. The Morgan fingerprint density at radius 2 is 0.700 bits per heavy atom. The highest BCUT2D eigenvalue weighted by Crippen LogP contribution is 2.26. The van der Waals surface area contributed by atoms with E-state index in [1.165, 1.54) is 149 Å². The van der Waals surface area contributed by atoms with E-state index in [0.29, 0.717) is 0 Å². The first-order valence-corrected chi connectivity index (χ1v) is 16.7. The highest BCUT2D eigenvalue weighted by molar-refractivity contribution is 5.81. The Kier molecular flexibility index (Phi) is 13.0. The standard InChI is InChI=1S/C38H54N2/c1-3-5-7-9-11-13-15-17-19-33-21-25-35(26-22-33)39-31-29-38-37(39)30-32-40(38)36-27-23-34(24-28-36)20-18-16-14-12-10-8-6-4-2/h21-32H,3-20H2,1-2H3. The molecule has 2 aromatic heterocycles. The number of unbranched alkanes of at least 4 members (excludes halogenated alkanes) is 14. The van der Waals surface area contributed by atoms with E-state index in [9.17, 15) is 0 Å². The maximum Gasteiger partial charge on any atom is 0.0712 e. The second-order valence-corrected chi connectivity index (χ2v) is 11.9. The maximum absolute atomic E-state index is 2.32. The molecule has 0 radical (unpaired) electrons. The number of nitrogens with zero attached hydrogens (tertiary/aromatic N) is 2. The van der Waals surface area contributed by atoms with Crippen LogP contribution in [0.15, 0.2) is 73.1 Å². The maximum atomic E-state index is 2.32. The third-order valence-electron chi connectivity index (χ3n) is 8.61. The first kappa shape index (κ1) is 30.2. The molecule has 2 aromatic carbocycles. The van der Waals surface area contributed by atoms with Crippen LogP contribution in [0.5, 0.6) is 0 Å². The van der Waals surface area contributed by atoms with Gasteiger partial charge in [-0.15, -0.1) is 0 Å². The van der Waals surface area contributed by atoms with Crippen molar-refractivity contribution in [1.29, 1.82) is 0 Å². The van der Waals surface area contributed by atoms with Crippen LogP contribution in [-0.2, 0) is 12.8 Å². The summed E-state index contributed by atoms with van der Waals surface area (Å²) in [5.41, 5.74) is 7.93. The van der Waals surface area contributed by atoms with Gasteiger partial charge in [0.05, 0.1) is 11.0 Å². The zero-order valence-electron chi connectivity index (χ0n) is 25.6. The molecule has 0 amide bonds. The normalized spacial score (nSPS) is 11.6. The average Bonchev–Trinajstić information content (AvgIpc) is 3.59. The van der Waals surface area contributed by atoms with Gasteiger partial charge in [0.2, 0.25) is 0 Å². The van der Waals surface area contributed by atoms with Gasteiger partial charge in [0.15, 0.2) is 0 Å². The first-order chi connectivity index (χ1) is 19.8. The summed E-state index contributed by atoms with van der Waals surface area (Å²) in [6.45, 7) is 4.58. The number of fused-ring (bicyclic) bond motifs is 1. The molecule has 2 nitrogen and oxygen atoms in total. The lowest BCUT2D eigenvalue weighted by molar-refractivity contribution is 0.575. The summed E-state index contributed by atoms with van der Waals surface area (Å²) in [5.74, 6) is 0. The van der Waals surface area contributed by atoms with Gasteiger partial charge in [0.25, 0.3) is 0 Å². The monoisotopic (exact) mass is 538 g/mol. The predicted octanol–water partition coefficient (Wildman–Crippen LogP) is 11.8. The largest absolute Gasteiger partial charge is 0.315 e. The number of hydrogen-bond acceptors (Lipinski definition) is 0. The van der Waals surface area contributed by atoms with E-state index in [-0.39, 0.29) is 0 Å². The molecule has 4 rings (SSSR count). The summed E-state index contributed by atoms with van der Waals surface area (Å²) in [6, 6.07) is 22.9. The highest BCUT2D eigenvalue weighted by Gasteiger charge is 2.09. The Balaban J connectivity index is 1.25. The van der Waals surface area contributed by atoms with Crippen LogP contribution in [-0.4, -0.2) is 9.13 Å². The van der Waals surface area contributed by atoms with Crippen molar-refractivity contribution >= 4 is 11.0 Å². The van der Waals surface area contributed by atoms with Crippen LogP contribution in [0.2, 0.25) is 0 Å². The molecular formula is C38H54N2. The van der Waals surface area contributed by atoms with Gasteiger partial charge in [-0.3, -0.25) is 0 Å². The molecule has 40 heavy (non-hydrogen) atoms. The number of aromatic nitrogens is 2. The van der Waals surface area contributed by atoms with E-state index in [2.05, 4.69) is 96.0 Å². The summed E-state index contributed by atoms with van der Waals surface area (Å²) in [4.78, 5) is 0. The van der Waals surface area contributed by atoms with Crippen LogP contribution >= 0.6 is 0 Å². The van der Waals surface area contributed by atoms with Gasteiger partial charge in [0, 0.05) is 23.8 Å². The topological polar surface area (TPSA) is 9.86 Å². The fourth-order valence-electron chi connectivity index (χ4n) is 6.05. The Hall–Kier alpha value is -2.74. The summed E-state index contributed by atoms with van der Waals surface area (Å²) in [6.07, 6.45) is 28.9. The van der Waals surface area contributed by atoms with Gasteiger partial charge in [-0.25, -0.2) is 0 Å². The van der Waals surface area contributed by atoms with E-state index in [4.69, 9.17) is 0 Å². The Bertz CT molecular complexity index is 1110. The molecule has 0 aliphatic heterocycles. The molecule has 4 aromatic rings. The Labute approximate surface area is 244 Å². The van der Waals surface area contributed by atoms with E-state index in [1.54, 1.807) is 0 Å². The minimum Gasteiger partial charge on any atom is -0.315 e. The molecule has 0 unspecified atom stereocenters. The van der Waals surface area contributed by atoms with Crippen molar-refractivity contribution in [2.24, 2.45) is 0 Å². The van der Waals surface area contributed by atoms with Crippen molar-refractivity contribution in [2.45, 2.75) is 129 Å². The number of aryl methyl sites for hydroxylation is 2. The predicted molar refractivity (Wildman–Crippen MR) is 175 cm³/mol. The van der Waals surface area contributed by atoms with Gasteiger partial charge < -0.3 is 9.13 Å². The summed E-state index contributed by atoms with van der Waals surface area (Å²) in [5, 5.41) is 0. The number of rotatable bonds is 20. The van der Waals surface area contributed by atoms with Gasteiger partial charge >= 0.3 is 0 Å². The molecule has 0 fully saturated rings. The lowest BCUT2D eigenvalue weighted by Gasteiger charge is -2.07. The summed E-state index contributed by atoms with van der Waals surface area (Å²) < 4.78 is 4.64. The quantitative estimate of drug-likeness (QED) is 0.0990. The summed E-state index contributed by atoms with van der Waals surface area (Å²) in [7, 11) is 0. The molecule has 0 saturated carbocycles. The van der Waals surface area contributed by atoms with Crippen LogP contribution in [0.4, 0.5) is 0 Å². The van der Waals surface area contributed by atoms with Crippen molar-refractivity contribution < 1.29 is 0 Å². The Morgan fingerprint density at radius 1 is 0.375 bits per heavy atom. The molecule has 0 N–H and O–H groups in total. The number of hydrogen-bond donors (Lipinski definition) is 0. The second kappa shape index (κ2) is 17.2. The van der Waals surface area contributed by atoms with Crippen LogP contribution in [0.1, 0.15) is 128 Å². The van der Waals surface area contributed by atoms with E-state index in [0.717, 1.165) is 0 Å². The SMILES string of the molecule is CCCCCCCCCCc1ccc(-n2ccc3c2ccn3-c2ccc(CCCCCCCCCC)cc2)cc1. The molecule has 0 spiro atoms. The molecule has 2 heteroatoms. The van der Waals surface area contributed by atoms with Gasteiger partial charge in [-0.2, -0.15) is 0 Å². The Morgan fingerprint density at radius 3 is 1.05 bits per heavy atom. The van der Waals surface area contributed by atoms with E-state index in [1.807, 2.05) is 0 Å². The van der Waals surface area contributed by atoms with Crippen molar-refractivity contribution in [3.63, 3.8) is 0 Å². The second-order valence-electron chi connectivity index (χ2n) is 11.9.